The summed E-state index contributed by atoms with van der Waals surface area (Å²) in [5.41, 5.74) is 6.63. The van der Waals surface area contributed by atoms with E-state index in [2.05, 4.69) is 12.2 Å². The van der Waals surface area contributed by atoms with Crippen molar-refractivity contribution in [1.82, 2.24) is 10.2 Å². The molecule has 1 atom stereocenters. The fourth-order valence-electron chi connectivity index (χ4n) is 2.08. The molecule has 0 saturated carbocycles. The normalized spacial score (nSPS) is 13.7. The fraction of sp³-hybridized carbons (Fsp3) is 0.533. The number of nitrogens with two attached hydrogens (primary N) is 1. The highest BCUT2D eigenvalue weighted by Crippen LogP contribution is 2.17. The van der Waals surface area contributed by atoms with Gasteiger partial charge in [0.1, 0.15) is 0 Å². The molecule has 3 N–H and O–H groups in total. The average molecular weight is 263 g/mol. The summed E-state index contributed by atoms with van der Waals surface area (Å²) >= 11 is 0. The van der Waals surface area contributed by atoms with E-state index in [1.165, 1.54) is 0 Å². The summed E-state index contributed by atoms with van der Waals surface area (Å²) in [6.07, 6.45) is 0.843. The molecule has 0 aliphatic heterocycles. The van der Waals surface area contributed by atoms with E-state index in [4.69, 9.17) is 5.73 Å². The summed E-state index contributed by atoms with van der Waals surface area (Å²) in [4.78, 5) is 14.1. The molecule has 106 valence electrons. The largest absolute Gasteiger partial charge is 0.334 e. The van der Waals surface area contributed by atoms with Gasteiger partial charge in [-0.3, -0.25) is 0 Å². The number of rotatable bonds is 6. The summed E-state index contributed by atoms with van der Waals surface area (Å²) in [5, 5.41) is 2.96. The van der Waals surface area contributed by atoms with E-state index in [9.17, 15) is 4.79 Å². The van der Waals surface area contributed by atoms with Gasteiger partial charge in [-0.15, -0.1) is 0 Å². The minimum absolute atomic E-state index is 0.0545. The first-order chi connectivity index (χ1) is 9.07. The standard InChI is InChI=1S/C15H25N3O/c1-4-15(3,12-16)18(5-2)14(19)17-11-13-9-7-6-8-10-13/h6-10H,4-5,11-12,16H2,1-3H3,(H,17,19). The van der Waals surface area contributed by atoms with Crippen molar-refractivity contribution >= 4 is 6.03 Å². The first-order valence-electron chi connectivity index (χ1n) is 6.86. The van der Waals surface area contributed by atoms with Gasteiger partial charge in [-0.2, -0.15) is 0 Å². The van der Waals surface area contributed by atoms with Crippen LogP contribution in [0.3, 0.4) is 0 Å². The minimum Gasteiger partial charge on any atom is -0.334 e. The van der Waals surface area contributed by atoms with Crippen LogP contribution in [0.15, 0.2) is 30.3 Å². The Morgan fingerprint density at radius 2 is 1.95 bits per heavy atom. The molecule has 0 bridgehead atoms. The number of nitrogens with one attached hydrogen (secondary N) is 1. The number of nitrogens with zero attached hydrogens (tertiary/aromatic N) is 1. The van der Waals surface area contributed by atoms with Crippen molar-refractivity contribution in [1.29, 1.82) is 0 Å². The lowest BCUT2D eigenvalue weighted by molar-refractivity contribution is 0.129. The summed E-state index contributed by atoms with van der Waals surface area (Å²) in [7, 11) is 0. The maximum Gasteiger partial charge on any atom is 0.318 e. The number of urea groups is 1. The number of hydrogen-bond donors (Lipinski definition) is 2. The van der Waals surface area contributed by atoms with Crippen molar-refractivity contribution < 1.29 is 4.79 Å². The first-order valence-corrected chi connectivity index (χ1v) is 6.86. The second kappa shape index (κ2) is 7.14. The maximum absolute atomic E-state index is 12.3. The van der Waals surface area contributed by atoms with E-state index in [1.807, 2.05) is 49.1 Å². The lowest BCUT2D eigenvalue weighted by Gasteiger charge is -2.39. The van der Waals surface area contributed by atoms with Gasteiger partial charge in [-0.05, 0) is 25.8 Å². The van der Waals surface area contributed by atoms with Crippen molar-refractivity contribution in [2.75, 3.05) is 13.1 Å². The van der Waals surface area contributed by atoms with Crippen LogP contribution >= 0.6 is 0 Å². The third-order valence-electron chi connectivity index (χ3n) is 3.70. The first kappa shape index (κ1) is 15.5. The van der Waals surface area contributed by atoms with Crippen LogP contribution in [-0.4, -0.2) is 29.6 Å². The highest BCUT2D eigenvalue weighted by Gasteiger charge is 2.31. The molecule has 0 fully saturated rings. The van der Waals surface area contributed by atoms with Gasteiger partial charge in [0.25, 0.3) is 0 Å². The third kappa shape index (κ3) is 3.96. The quantitative estimate of drug-likeness (QED) is 0.827. The number of likely N-dealkylation sites (N-methyl/N-ethyl adjacent to an activating group) is 1. The van der Waals surface area contributed by atoms with E-state index in [1.54, 1.807) is 0 Å². The Balaban J connectivity index is 2.65. The molecule has 1 rings (SSSR count). The van der Waals surface area contributed by atoms with Crippen LogP contribution in [0.2, 0.25) is 0 Å². The van der Waals surface area contributed by atoms with Crippen molar-refractivity contribution in [3.05, 3.63) is 35.9 Å². The van der Waals surface area contributed by atoms with E-state index < -0.39 is 0 Å². The molecular formula is C15H25N3O. The monoisotopic (exact) mass is 263 g/mol. The maximum atomic E-state index is 12.3. The molecule has 1 aromatic carbocycles. The number of hydrogen-bond acceptors (Lipinski definition) is 2. The second-order valence-electron chi connectivity index (χ2n) is 4.94. The number of benzene rings is 1. The van der Waals surface area contributed by atoms with Crippen molar-refractivity contribution in [2.45, 2.75) is 39.3 Å². The van der Waals surface area contributed by atoms with Crippen molar-refractivity contribution in [2.24, 2.45) is 5.73 Å². The molecule has 2 amide bonds. The molecule has 0 heterocycles. The predicted octanol–water partition coefficient (Wildman–Crippen LogP) is 2.35. The molecule has 0 aromatic heterocycles. The second-order valence-corrected chi connectivity index (χ2v) is 4.94. The molecular weight excluding hydrogens is 238 g/mol. The molecule has 0 aliphatic carbocycles. The lowest BCUT2D eigenvalue weighted by atomic mass is 9.97. The molecule has 0 radical (unpaired) electrons. The van der Waals surface area contributed by atoms with E-state index in [0.717, 1.165) is 12.0 Å². The zero-order chi connectivity index (χ0) is 14.3. The number of carbonyl (C=O) groups excluding carboxylic acids is 1. The van der Waals surface area contributed by atoms with Crippen molar-refractivity contribution in [3.8, 4) is 0 Å². The van der Waals surface area contributed by atoms with Crippen LogP contribution < -0.4 is 11.1 Å². The Hall–Kier alpha value is -1.55. The summed E-state index contributed by atoms with van der Waals surface area (Å²) in [6.45, 7) is 7.73. The molecule has 1 unspecified atom stereocenters. The van der Waals surface area contributed by atoms with Crippen LogP contribution in [0.25, 0.3) is 0 Å². The zero-order valence-electron chi connectivity index (χ0n) is 12.1. The molecule has 1 aromatic rings. The fourth-order valence-corrected chi connectivity index (χ4v) is 2.08. The van der Waals surface area contributed by atoms with Crippen LogP contribution in [0.5, 0.6) is 0 Å². The molecule has 0 aliphatic rings. The Kier molecular flexibility index (Phi) is 5.83. The van der Waals surface area contributed by atoms with Crippen molar-refractivity contribution in [3.63, 3.8) is 0 Å². The van der Waals surface area contributed by atoms with Gasteiger partial charge in [0.05, 0.1) is 5.54 Å². The highest BCUT2D eigenvalue weighted by molar-refractivity contribution is 5.75. The summed E-state index contributed by atoms with van der Waals surface area (Å²) in [5.74, 6) is 0. The van der Waals surface area contributed by atoms with Gasteiger partial charge < -0.3 is 16.0 Å². The molecule has 19 heavy (non-hydrogen) atoms. The van der Waals surface area contributed by atoms with Gasteiger partial charge >= 0.3 is 6.03 Å². The van der Waals surface area contributed by atoms with Gasteiger partial charge in [0.15, 0.2) is 0 Å². The van der Waals surface area contributed by atoms with Crippen LogP contribution in [0.1, 0.15) is 32.8 Å². The third-order valence-corrected chi connectivity index (χ3v) is 3.70. The van der Waals surface area contributed by atoms with E-state index in [-0.39, 0.29) is 11.6 Å². The molecule has 4 nitrogen and oxygen atoms in total. The summed E-state index contributed by atoms with van der Waals surface area (Å²) in [6, 6.07) is 9.84. The predicted molar refractivity (Wildman–Crippen MR) is 78.8 cm³/mol. The Morgan fingerprint density at radius 1 is 1.32 bits per heavy atom. The zero-order valence-corrected chi connectivity index (χ0v) is 12.1. The lowest BCUT2D eigenvalue weighted by Crippen LogP contribution is -2.56. The SMILES string of the molecule is CCN(C(=O)NCc1ccccc1)C(C)(CC)CN. The van der Waals surface area contributed by atoms with Gasteiger partial charge in [-0.1, -0.05) is 37.3 Å². The van der Waals surface area contributed by atoms with Crippen LogP contribution in [-0.2, 0) is 6.54 Å². The highest BCUT2D eigenvalue weighted by atomic mass is 16.2. The Morgan fingerprint density at radius 3 is 2.42 bits per heavy atom. The van der Waals surface area contributed by atoms with E-state index >= 15 is 0 Å². The van der Waals surface area contributed by atoms with Crippen LogP contribution in [0.4, 0.5) is 4.79 Å². The van der Waals surface area contributed by atoms with Crippen LogP contribution in [0, 0.1) is 0 Å². The van der Waals surface area contributed by atoms with E-state index in [0.29, 0.717) is 19.6 Å². The molecule has 0 saturated heterocycles. The Labute approximate surface area is 116 Å². The van der Waals surface area contributed by atoms with Gasteiger partial charge in [0.2, 0.25) is 0 Å². The van der Waals surface area contributed by atoms with Gasteiger partial charge in [0, 0.05) is 19.6 Å². The van der Waals surface area contributed by atoms with Gasteiger partial charge in [-0.25, -0.2) is 4.79 Å². The average Bonchev–Trinajstić information content (AvgIpc) is 2.46. The number of amides is 2. The Bertz CT molecular complexity index is 388. The smallest absolute Gasteiger partial charge is 0.318 e. The summed E-state index contributed by atoms with van der Waals surface area (Å²) < 4.78 is 0. The molecule has 0 spiro atoms. The molecule has 4 heteroatoms. The minimum atomic E-state index is -0.282. The topological polar surface area (TPSA) is 58.4 Å². The number of carbonyl (C=O) groups is 1.